The van der Waals surface area contributed by atoms with Crippen LogP contribution >= 0.6 is 0 Å². The van der Waals surface area contributed by atoms with Gasteiger partial charge >= 0.3 is 169 Å². The van der Waals surface area contributed by atoms with E-state index in [2.05, 4.69) is 108 Å². The van der Waals surface area contributed by atoms with E-state index in [-0.39, 0.29) is 36.9 Å². The van der Waals surface area contributed by atoms with Crippen LogP contribution in [0.4, 0.5) is 8.78 Å². The van der Waals surface area contributed by atoms with Crippen molar-refractivity contribution in [1.29, 1.82) is 0 Å². The molecule has 6 aromatic carbocycles. The number of rotatable bonds is 7. The van der Waals surface area contributed by atoms with Gasteiger partial charge in [0, 0.05) is 47.5 Å². The fourth-order valence-electron chi connectivity index (χ4n) is 9.19. The Balaban J connectivity index is 0.000000175. The zero-order valence-electron chi connectivity index (χ0n) is 40.2. The van der Waals surface area contributed by atoms with Crippen molar-refractivity contribution in [3.63, 3.8) is 0 Å². The summed E-state index contributed by atoms with van der Waals surface area (Å²) >= 11 is -2.58. The minimum absolute atomic E-state index is 0. The van der Waals surface area contributed by atoms with Crippen LogP contribution in [0.3, 0.4) is 0 Å². The first-order valence-electron chi connectivity index (χ1n) is 23.1. The van der Waals surface area contributed by atoms with Gasteiger partial charge in [-0.25, -0.2) is 0 Å². The number of para-hydroxylation sites is 3. The Morgan fingerprint density at radius 3 is 2.33 bits per heavy atom. The number of furan rings is 2. The van der Waals surface area contributed by atoms with Crippen molar-refractivity contribution in [3.05, 3.63) is 180 Å². The molecule has 1 radical (unpaired) electrons. The summed E-state index contributed by atoms with van der Waals surface area (Å²) in [6.07, 6.45) is 2.78. The molecule has 66 heavy (non-hydrogen) atoms. The summed E-state index contributed by atoms with van der Waals surface area (Å²) in [6.45, 7) is 6.18. The summed E-state index contributed by atoms with van der Waals surface area (Å²) in [7, 11) is 0. The second-order valence-corrected chi connectivity index (χ2v) is 26.7. The number of imidazole rings is 1. The van der Waals surface area contributed by atoms with Crippen LogP contribution in [0.5, 0.6) is 0 Å². The quantitative estimate of drug-likeness (QED) is 0.0903. The molecule has 0 spiro atoms. The number of nitrogens with zero attached hydrogens (tertiary/aromatic N) is 4. The molecule has 0 fully saturated rings. The average Bonchev–Trinajstić information content (AvgIpc) is 4.00. The van der Waals surface area contributed by atoms with Crippen molar-refractivity contribution in [2.24, 2.45) is 5.92 Å². The molecule has 6 nitrogen and oxygen atoms in total. The third-order valence-electron chi connectivity index (χ3n) is 12.3. The van der Waals surface area contributed by atoms with Crippen LogP contribution in [0.15, 0.2) is 142 Å². The summed E-state index contributed by atoms with van der Waals surface area (Å²) in [4.78, 5) is 13.6. The zero-order valence-corrected chi connectivity index (χ0v) is 41.7. The van der Waals surface area contributed by atoms with E-state index in [9.17, 15) is 8.78 Å². The van der Waals surface area contributed by atoms with Crippen LogP contribution in [0.1, 0.15) is 40.2 Å². The fraction of sp³-hybridized carbons (Fsp3) is 0.161. The molecule has 5 heterocycles. The Morgan fingerprint density at radius 2 is 1.55 bits per heavy atom. The topological polar surface area (TPSA) is 69.9 Å². The number of aryl methyl sites for hydroxylation is 3. The Labute approximate surface area is 402 Å². The van der Waals surface area contributed by atoms with Gasteiger partial charge < -0.3 is 13.4 Å². The van der Waals surface area contributed by atoms with Crippen LogP contribution in [0.2, 0.25) is 11.5 Å². The molecule has 0 atom stereocenters. The van der Waals surface area contributed by atoms with Crippen LogP contribution in [0, 0.1) is 50.5 Å². The summed E-state index contributed by atoms with van der Waals surface area (Å²) in [6, 6.07) is 46.2. The van der Waals surface area contributed by atoms with Crippen LogP contribution in [0.25, 0.3) is 83.4 Å². The zero-order chi connectivity index (χ0) is 47.6. The van der Waals surface area contributed by atoms with Gasteiger partial charge in [0.1, 0.15) is 11.2 Å². The molecule has 0 aliphatic carbocycles. The smallest absolute Gasteiger partial charge is 0 e. The molecule has 0 bridgehead atoms. The molecule has 0 saturated heterocycles. The van der Waals surface area contributed by atoms with Gasteiger partial charge in [0.05, 0.1) is 22.4 Å². The molecule has 0 amide bonds. The van der Waals surface area contributed by atoms with Gasteiger partial charge in [-0.15, -0.1) is 18.2 Å². The van der Waals surface area contributed by atoms with E-state index < -0.39 is 31.9 Å². The largest absolute Gasteiger partial charge is 0 e. The van der Waals surface area contributed by atoms with Crippen molar-refractivity contribution < 1.29 is 41.8 Å². The molecule has 10 heteroatoms. The van der Waals surface area contributed by atoms with Crippen molar-refractivity contribution in [2.45, 2.75) is 52.5 Å². The third kappa shape index (κ3) is 7.97. The van der Waals surface area contributed by atoms with E-state index >= 15 is 0 Å². The van der Waals surface area contributed by atoms with Gasteiger partial charge in [-0.2, -0.15) is 9.37 Å². The number of hydrogen-bond donors (Lipinski definition) is 0. The van der Waals surface area contributed by atoms with Gasteiger partial charge in [0.25, 0.3) is 0 Å². The molecule has 11 aromatic rings. The number of benzene rings is 6. The summed E-state index contributed by atoms with van der Waals surface area (Å²) in [5, 5.41) is 3.76. The molecule has 331 valence electrons. The summed E-state index contributed by atoms with van der Waals surface area (Å²) in [5.74, 6) is 4.64. The molecule has 11 rings (SSSR count). The van der Waals surface area contributed by atoms with Crippen molar-refractivity contribution in [1.82, 2.24) is 19.5 Å². The maximum atomic E-state index is 14.8. The monoisotopic (exact) mass is 1110 g/mol. The molecular weight excluding hydrogens is 1060 g/mol. The molecule has 0 aliphatic rings. The second-order valence-electron chi connectivity index (χ2n) is 17.5. The average molecular weight is 1110 g/mol. The molecule has 0 N–H and O–H groups in total. The molecule has 0 aliphatic heterocycles. The molecule has 5 aromatic heterocycles. The standard InChI is InChI=1S/C32H19FN3O2.C24H27FGeN.Ir/c1-17-16-23-19-8-3-6-13-26(19)37-29(23)18(2)28(17)36-25-12-5-4-11-24(25)34-31(36)22-10-7-9-20-21-14-15-27(33)35-32(21)38-30(20)22;1-17(2)13-19-15-24(21-12-11-18(3)14-22(21)25)27-16-23(19)26(4,5)20-9-7-6-8-10-20;/h3-9,11-16H,1-2H3;6-11,14-17H,13H2,1-5H3;/q2*-1;/i;3D3;. The van der Waals surface area contributed by atoms with E-state index in [0.29, 0.717) is 28.6 Å². The minimum Gasteiger partial charge on any atom is 0 e. The van der Waals surface area contributed by atoms with Crippen LogP contribution in [-0.4, -0.2) is 32.8 Å². The Kier molecular flexibility index (Phi) is 11.1. The third-order valence-corrected chi connectivity index (χ3v) is 19.8. The van der Waals surface area contributed by atoms with E-state index in [0.717, 1.165) is 73.0 Å². The fourth-order valence-corrected chi connectivity index (χ4v) is 14.9. The maximum absolute atomic E-state index is 14.8. The number of halogens is 2. The number of hydrogen-bond acceptors (Lipinski definition) is 5. The first kappa shape index (κ1) is 41.2. The second kappa shape index (κ2) is 17.9. The van der Waals surface area contributed by atoms with E-state index in [4.69, 9.17) is 17.9 Å². The number of fused-ring (bicyclic) bond motifs is 7. The molecular formula is C56H46F2GeIrN4O2-2. The van der Waals surface area contributed by atoms with E-state index in [1.807, 2.05) is 66.9 Å². The Hall–Kier alpha value is -6.26. The van der Waals surface area contributed by atoms with Gasteiger partial charge in [-0.3, -0.25) is 4.98 Å². The normalized spacial score (nSPS) is 12.7. The van der Waals surface area contributed by atoms with Gasteiger partial charge in [-0.1, -0.05) is 41.3 Å². The number of pyridine rings is 2. The van der Waals surface area contributed by atoms with Crippen molar-refractivity contribution in [2.75, 3.05) is 0 Å². The predicted molar refractivity (Wildman–Crippen MR) is 262 cm³/mol. The minimum atomic E-state index is -2.58. The molecule has 0 saturated carbocycles. The Morgan fingerprint density at radius 1 is 0.773 bits per heavy atom. The van der Waals surface area contributed by atoms with Crippen LogP contribution < -0.4 is 8.79 Å². The Bertz CT molecular complexity index is 3730. The van der Waals surface area contributed by atoms with E-state index in [1.165, 1.54) is 26.5 Å². The predicted octanol–water partition coefficient (Wildman–Crippen LogP) is 13.5. The van der Waals surface area contributed by atoms with E-state index in [1.54, 1.807) is 6.07 Å². The first-order chi connectivity index (χ1) is 32.6. The maximum Gasteiger partial charge on any atom is 0 e. The van der Waals surface area contributed by atoms with Gasteiger partial charge in [-0.05, 0) is 55.8 Å². The van der Waals surface area contributed by atoms with Crippen molar-refractivity contribution in [3.8, 4) is 28.3 Å². The summed E-state index contributed by atoms with van der Waals surface area (Å²) < 4.78 is 68.4. The molecule has 0 unspecified atom stereocenters. The summed E-state index contributed by atoms with van der Waals surface area (Å²) in [5.41, 5.74) is 9.95. The first-order valence-corrected chi connectivity index (χ1v) is 27.9. The SMILES string of the molecule is Cc1cc2c(oc3ccccc32)c(C)c1-n1c(-c2[c-]ccc3c2oc2nc(F)ccc23)nc2ccccc21.[2H]C([2H])([2H])c1c[c-]c(-c2cc(CC(C)C)[c]([Ge]([CH3])([CH3])[c]3ccccc3)cn2)c(F)c1.[Ir]. The van der Waals surface area contributed by atoms with Gasteiger partial charge in [0.2, 0.25) is 11.7 Å². The van der Waals surface area contributed by atoms with Gasteiger partial charge in [0.15, 0.2) is 0 Å². The van der Waals surface area contributed by atoms with Crippen molar-refractivity contribution >= 4 is 77.1 Å². The number of aromatic nitrogens is 4. The van der Waals surface area contributed by atoms with Crippen LogP contribution in [-0.2, 0) is 26.5 Å².